The number of unbranched alkanes of at least 4 members (excludes halogenated alkanes) is 41. The monoisotopic (exact) mass is 1030 g/mol. The van der Waals surface area contributed by atoms with Crippen LogP contribution in [0.3, 0.4) is 0 Å². The highest BCUT2D eigenvalue weighted by Crippen LogP contribution is 2.18. The van der Waals surface area contributed by atoms with Crippen LogP contribution in [0.1, 0.15) is 335 Å². The van der Waals surface area contributed by atoms with Crippen LogP contribution in [0.15, 0.2) is 85.1 Å². The zero-order valence-corrected chi connectivity index (χ0v) is 49.6. The van der Waals surface area contributed by atoms with Gasteiger partial charge in [-0.2, -0.15) is 0 Å². The molecule has 0 bridgehead atoms. The van der Waals surface area contributed by atoms with Crippen LogP contribution < -0.4 is 5.32 Å². The summed E-state index contributed by atoms with van der Waals surface area (Å²) in [6.07, 6.45) is 95.2. The Morgan fingerprint density at radius 2 is 0.608 bits per heavy atom. The Balaban J connectivity index is 3.44. The molecular weight excluding hydrogens is 903 g/mol. The molecule has 0 spiro atoms. The summed E-state index contributed by atoms with van der Waals surface area (Å²) in [6, 6.07) is -0.647. The van der Waals surface area contributed by atoms with Crippen molar-refractivity contribution in [2.24, 2.45) is 0 Å². The molecule has 0 aromatic heterocycles. The third-order valence-electron chi connectivity index (χ3n) is 14.8. The molecule has 0 saturated heterocycles. The molecule has 0 rings (SSSR count). The minimum atomic E-state index is -0.872. The van der Waals surface area contributed by atoms with Crippen molar-refractivity contribution in [3.05, 3.63) is 85.1 Å². The maximum Gasteiger partial charge on any atom is 0.220 e. The molecule has 4 heteroatoms. The van der Waals surface area contributed by atoms with E-state index in [1.807, 2.05) is 6.08 Å². The van der Waals surface area contributed by atoms with Crippen LogP contribution in [0.2, 0.25) is 0 Å². The molecule has 0 aliphatic rings. The molecule has 0 radical (unpaired) electrons. The SMILES string of the molecule is CC/C=C\C/C=C\C/C=C\C/C=C\CCCCCCCCCCCCCCCCCCCCCCCCCCCCCCC(=O)NC(CO)C(O)/C=C/CC/C=C/CC/C=C/CCCCCCCCCCCCC. The number of carbonyl (C=O) groups excluding carboxylic acids is 1. The van der Waals surface area contributed by atoms with E-state index >= 15 is 0 Å². The molecule has 74 heavy (non-hydrogen) atoms. The Hall–Kier alpha value is -2.43. The van der Waals surface area contributed by atoms with E-state index in [2.05, 4.69) is 92.1 Å². The minimum Gasteiger partial charge on any atom is -0.394 e. The first-order valence-electron chi connectivity index (χ1n) is 32.8. The van der Waals surface area contributed by atoms with Gasteiger partial charge in [0.15, 0.2) is 0 Å². The second kappa shape index (κ2) is 64.9. The van der Waals surface area contributed by atoms with Gasteiger partial charge in [0.1, 0.15) is 0 Å². The molecular formula is C70H127NO3. The van der Waals surface area contributed by atoms with E-state index in [0.29, 0.717) is 6.42 Å². The van der Waals surface area contributed by atoms with Gasteiger partial charge in [0.05, 0.1) is 18.8 Å². The summed E-state index contributed by atoms with van der Waals surface area (Å²) in [5, 5.41) is 23.2. The summed E-state index contributed by atoms with van der Waals surface area (Å²) in [5.41, 5.74) is 0. The smallest absolute Gasteiger partial charge is 0.220 e. The lowest BCUT2D eigenvalue weighted by molar-refractivity contribution is -0.123. The Labute approximate surface area is 462 Å². The van der Waals surface area contributed by atoms with E-state index in [9.17, 15) is 15.0 Å². The number of nitrogens with one attached hydrogen (secondary N) is 1. The number of amides is 1. The van der Waals surface area contributed by atoms with Crippen molar-refractivity contribution in [1.82, 2.24) is 5.32 Å². The molecule has 2 atom stereocenters. The largest absolute Gasteiger partial charge is 0.394 e. The summed E-state index contributed by atoms with van der Waals surface area (Å²) in [6.45, 7) is 4.20. The minimum absolute atomic E-state index is 0.0733. The van der Waals surface area contributed by atoms with Gasteiger partial charge in [-0.1, -0.05) is 330 Å². The lowest BCUT2D eigenvalue weighted by Gasteiger charge is -2.19. The first-order chi connectivity index (χ1) is 36.7. The van der Waals surface area contributed by atoms with Crippen molar-refractivity contribution in [2.75, 3.05) is 6.61 Å². The van der Waals surface area contributed by atoms with Gasteiger partial charge in [-0.05, 0) is 83.5 Å². The average molecular weight is 1030 g/mol. The molecule has 4 nitrogen and oxygen atoms in total. The predicted molar refractivity (Wildman–Crippen MR) is 331 cm³/mol. The fourth-order valence-electron chi connectivity index (χ4n) is 9.91. The average Bonchev–Trinajstić information content (AvgIpc) is 3.40. The van der Waals surface area contributed by atoms with Gasteiger partial charge in [0, 0.05) is 6.42 Å². The summed E-state index contributed by atoms with van der Waals surface area (Å²) >= 11 is 0. The number of aliphatic hydroxyl groups is 2. The molecule has 0 aromatic carbocycles. The summed E-state index contributed by atoms with van der Waals surface area (Å²) in [4.78, 5) is 12.5. The standard InChI is InChI=1S/C70H127NO3/c1-3-5-7-9-11-13-15-17-19-21-23-25-26-27-28-29-30-31-32-33-34-35-36-37-38-39-40-41-42-43-44-46-48-50-52-54-56-58-60-62-64-66-70(74)71-68(67-72)69(73)65-63-61-59-57-55-53-51-49-47-45-24-22-20-18-16-14-12-10-8-6-4-2/h5,7,11,13,17,19,23,25,47,49,55,57,63,65,68-69,72-73H,3-4,6,8-10,12,14-16,18,20-22,24,26-46,48,50-54,56,58-62,64,66-67H2,1-2H3,(H,71,74)/b7-5-,13-11-,19-17-,25-23-,49-47+,57-55+,65-63+. The van der Waals surface area contributed by atoms with E-state index in [1.54, 1.807) is 6.08 Å². The zero-order valence-electron chi connectivity index (χ0n) is 49.6. The summed E-state index contributed by atoms with van der Waals surface area (Å²) in [5.74, 6) is -0.0733. The lowest BCUT2D eigenvalue weighted by atomic mass is 10.0. The van der Waals surface area contributed by atoms with Crippen molar-refractivity contribution < 1.29 is 15.0 Å². The molecule has 0 aliphatic carbocycles. The van der Waals surface area contributed by atoms with E-state index < -0.39 is 12.1 Å². The molecule has 0 aliphatic heterocycles. The molecule has 1 amide bonds. The quantitative estimate of drug-likeness (QED) is 0.0420. The number of aliphatic hydroxyl groups excluding tert-OH is 2. The zero-order chi connectivity index (χ0) is 53.4. The Kier molecular flexibility index (Phi) is 62.7. The first kappa shape index (κ1) is 71.6. The fourth-order valence-corrected chi connectivity index (χ4v) is 9.91. The van der Waals surface area contributed by atoms with E-state index in [1.165, 1.54) is 250 Å². The molecule has 0 saturated carbocycles. The topological polar surface area (TPSA) is 69.6 Å². The number of hydrogen-bond donors (Lipinski definition) is 3. The molecule has 430 valence electrons. The lowest BCUT2D eigenvalue weighted by Crippen LogP contribution is -2.45. The number of carbonyl (C=O) groups is 1. The van der Waals surface area contributed by atoms with Crippen molar-refractivity contribution in [3.63, 3.8) is 0 Å². The Morgan fingerprint density at radius 1 is 0.338 bits per heavy atom. The summed E-state index contributed by atoms with van der Waals surface area (Å²) in [7, 11) is 0. The van der Waals surface area contributed by atoms with Crippen molar-refractivity contribution in [3.8, 4) is 0 Å². The van der Waals surface area contributed by atoms with Gasteiger partial charge in [-0.15, -0.1) is 0 Å². The van der Waals surface area contributed by atoms with Crippen LogP contribution in [0.5, 0.6) is 0 Å². The van der Waals surface area contributed by atoms with Gasteiger partial charge in [-0.3, -0.25) is 4.79 Å². The molecule has 2 unspecified atom stereocenters. The Morgan fingerprint density at radius 3 is 0.946 bits per heavy atom. The van der Waals surface area contributed by atoms with Crippen molar-refractivity contribution in [1.29, 1.82) is 0 Å². The molecule has 0 fully saturated rings. The van der Waals surface area contributed by atoms with Crippen molar-refractivity contribution in [2.45, 2.75) is 347 Å². The molecule has 3 N–H and O–H groups in total. The predicted octanol–water partition coefficient (Wildman–Crippen LogP) is 22.3. The van der Waals surface area contributed by atoms with Crippen molar-refractivity contribution >= 4 is 5.91 Å². The number of hydrogen-bond acceptors (Lipinski definition) is 3. The normalized spacial score (nSPS) is 13.3. The molecule has 0 heterocycles. The van der Waals surface area contributed by atoms with Gasteiger partial charge >= 0.3 is 0 Å². The third-order valence-corrected chi connectivity index (χ3v) is 14.8. The van der Waals surface area contributed by atoms with Crippen LogP contribution in [0, 0.1) is 0 Å². The fraction of sp³-hybridized carbons (Fsp3) is 0.786. The van der Waals surface area contributed by atoms with Crippen LogP contribution in [-0.4, -0.2) is 34.9 Å². The maximum absolute atomic E-state index is 12.5. The molecule has 0 aromatic rings. The second-order valence-corrected chi connectivity index (χ2v) is 22.1. The second-order valence-electron chi connectivity index (χ2n) is 22.1. The van der Waals surface area contributed by atoms with Gasteiger partial charge in [0.25, 0.3) is 0 Å². The third kappa shape index (κ3) is 60.4. The van der Waals surface area contributed by atoms with Gasteiger partial charge in [-0.25, -0.2) is 0 Å². The number of allylic oxidation sites excluding steroid dienone is 13. The summed E-state index contributed by atoms with van der Waals surface area (Å²) < 4.78 is 0. The van der Waals surface area contributed by atoms with Gasteiger partial charge < -0.3 is 15.5 Å². The number of rotatable bonds is 60. The highest BCUT2D eigenvalue weighted by molar-refractivity contribution is 5.76. The van der Waals surface area contributed by atoms with Gasteiger partial charge in [0.2, 0.25) is 5.91 Å². The van der Waals surface area contributed by atoms with Crippen LogP contribution in [0.4, 0.5) is 0 Å². The highest BCUT2D eigenvalue weighted by Gasteiger charge is 2.18. The maximum atomic E-state index is 12.5. The first-order valence-corrected chi connectivity index (χ1v) is 32.8. The highest BCUT2D eigenvalue weighted by atomic mass is 16.3. The van der Waals surface area contributed by atoms with Crippen LogP contribution in [-0.2, 0) is 4.79 Å². The van der Waals surface area contributed by atoms with E-state index in [0.717, 1.165) is 64.2 Å². The van der Waals surface area contributed by atoms with E-state index in [4.69, 9.17) is 0 Å². The van der Waals surface area contributed by atoms with Crippen LogP contribution >= 0.6 is 0 Å². The van der Waals surface area contributed by atoms with Crippen LogP contribution in [0.25, 0.3) is 0 Å². The Bertz CT molecular complexity index is 1310. The van der Waals surface area contributed by atoms with E-state index in [-0.39, 0.29) is 12.5 Å².